The van der Waals surface area contributed by atoms with E-state index in [1.54, 1.807) is 0 Å². The Kier molecular flexibility index (Phi) is 5.18. The van der Waals surface area contributed by atoms with E-state index in [9.17, 15) is 17.6 Å². The molecule has 2 aromatic heterocycles. The zero-order valence-corrected chi connectivity index (χ0v) is 16.4. The Morgan fingerprint density at radius 2 is 1.90 bits per heavy atom. The summed E-state index contributed by atoms with van der Waals surface area (Å²) in [6, 6.07) is 10.2. The van der Waals surface area contributed by atoms with Crippen molar-refractivity contribution in [1.82, 2.24) is 15.5 Å². The van der Waals surface area contributed by atoms with Crippen LogP contribution in [0.3, 0.4) is 0 Å². The lowest BCUT2D eigenvalue weighted by atomic mass is 10.1. The number of aromatic amines is 1. The molecule has 2 N–H and O–H groups in total. The minimum absolute atomic E-state index is 0.134. The van der Waals surface area contributed by atoms with Crippen LogP contribution < -0.4 is 5.32 Å². The van der Waals surface area contributed by atoms with E-state index < -0.39 is 17.6 Å². The van der Waals surface area contributed by atoms with Crippen molar-refractivity contribution in [2.75, 3.05) is 0 Å². The first kappa shape index (κ1) is 19.7. The minimum atomic E-state index is -4.78. The molecule has 0 saturated carbocycles. The number of hydrogen-bond acceptors (Lipinski definition) is 3. The van der Waals surface area contributed by atoms with Gasteiger partial charge in [0, 0.05) is 39.7 Å². The Labute approximate surface area is 171 Å². The van der Waals surface area contributed by atoms with Gasteiger partial charge in [-0.2, -0.15) is 13.2 Å². The Balaban J connectivity index is 1.45. The van der Waals surface area contributed by atoms with Gasteiger partial charge in [0.25, 0.3) is 0 Å². The standard InChI is InChI=1S/C20H14BrF4N3O/c21-13-2-4-18-15(6-13)12(9-27-18)8-26-10-14-7-19(28-29-14)11-1-3-17(22)16(5-11)20(23,24)25/h1-7,9,26-27H,8,10H2. The largest absolute Gasteiger partial charge is 0.419 e. The SMILES string of the molecule is Fc1ccc(-c2cc(CNCc3c[nH]c4ccc(Br)cc34)on2)cc1C(F)(F)F. The van der Waals surface area contributed by atoms with E-state index in [1.165, 1.54) is 12.1 Å². The van der Waals surface area contributed by atoms with Crippen molar-refractivity contribution in [2.45, 2.75) is 19.3 Å². The molecule has 2 heterocycles. The van der Waals surface area contributed by atoms with Gasteiger partial charge in [0.1, 0.15) is 11.5 Å². The second-order valence-corrected chi connectivity index (χ2v) is 7.39. The van der Waals surface area contributed by atoms with Gasteiger partial charge in [-0.15, -0.1) is 0 Å². The van der Waals surface area contributed by atoms with E-state index in [0.717, 1.165) is 33.1 Å². The number of rotatable bonds is 5. The van der Waals surface area contributed by atoms with Crippen molar-refractivity contribution >= 4 is 26.8 Å². The highest BCUT2D eigenvalue weighted by molar-refractivity contribution is 9.10. The van der Waals surface area contributed by atoms with Crippen molar-refractivity contribution in [3.63, 3.8) is 0 Å². The molecule has 4 aromatic rings. The molecule has 4 nitrogen and oxygen atoms in total. The van der Waals surface area contributed by atoms with Crippen LogP contribution in [-0.4, -0.2) is 10.1 Å². The van der Waals surface area contributed by atoms with Crippen LogP contribution in [0.5, 0.6) is 0 Å². The maximum atomic E-state index is 13.4. The molecule has 150 valence electrons. The van der Waals surface area contributed by atoms with Crippen LogP contribution >= 0.6 is 15.9 Å². The summed E-state index contributed by atoms with van der Waals surface area (Å²) in [7, 11) is 0. The minimum Gasteiger partial charge on any atom is -0.361 e. The number of nitrogens with zero attached hydrogens (tertiary/aromatic N) is 1. The van der Waals surface area contributed by atoms with E-state index in [1.807, 2.05) is 24.4 Å². The lowest BCUT2D eigenvalue weighted by Gasteiger charge is -2.08. The van der Waals surface area contributed by atoms with Gasteiger partial charge < -0.3 is 14.8 Å². The lowest BCUT2D eigenvalue weighted by molar-refractivity contribution is -0.139. The third-order valence-electron chi connectivity index (χ3n) is 4.47. The van der Waals surface area contributed by atoms with E-state index in [2.05, 4.69) is 31.4 Å². The van der Waals surface area contributed by atoms with Crippen molar-refractivity contribution in [1.29, 1.82) is 0 Å². The maximum absolute atomic E-state index is 13.4. The number of hydrogen-bond donors (Lipinski definition) is 2. The predicted molar refractivity (Wildman–Crippen MR) is 103 cm³/mol. The first-order valence-electron chi connectivity index (χ1n) is 8.60. The summed E-state index contributed by atoms with van der Waals surface area (Å²) in [6.07, 6.45) is -2.87. The summed E-state index contributed by atoms with van der Waals surface area (Å²) in [4.78, 5) is 3.19. The van der Waals surface area contributed by atoms with Gasteiger partial charge in [0.2, 0.25) is 0 Å². The molecule has 4 rings (SSSR count). The number of halogens is 5. The molecule has 9 heteroatoms. The van der Waals surface area contributed by atoms with Crippen LogP contribution in [0, 0.1) is 5.82 Å². The Hall–Kier alpha value is -2.65. The van der Waals surface area contributed by atoms with Gasteiger partial charge in [0.15, 0.2) is 5.76 Å². The van der Waals surface area contributed by atoms with Crippen molar-refractivity contribution in [3.05, 3.63) is 75.8 Å². The maximum Gasteiger partial charge on any atom is 0.419 e. The van der Waals surface area contributed by atoms with Gasteiger partial charge in [-0.3, -0.25) is 0 Å². The number of nitrogens with one attached hydrogen (secondary N) is 2. The molecule has 29 heavy (non-hydrogen) atoms. The van der Waals surface area contributed by atoms with E-state index >= 15 is 0 Å². The fourth-order valence-corrected chi connectivity index (χ4v) is 3.41. The zero-order chi connectivity index (χ0) is 20.6. The zero-order valence-electron chi connectivity index (χ0n) is 14.8. The van der Waals surface area contributed by atoms with Gasteiger partial charge in [-0.25, -0.2) is 4.39 Å². The molecule has 0 radical (unpaired) electrons. The predicted octanol–water partition coefficient (Wildman–Crippen LogP) is 6.03. The Morgan fingerprint density at radius 3 is 2.69 bits per heavy atom. The fraction of sp³-hybridized carbons (Fsp3) is 0.150. The molecule has 0 fully saturated rings. The molecule has 0 atom stereocenters. The number of alkyl halides is 3. The summed E-state index contributed by atoms with van der Waals surface area (Å²) in [5.41, 5.74) is 1.10. The van der Waals surface area contributed by atoms with Crippen LogP contribution in [0.2, 0.25) is 0 Å². The van der Waals surface area contributed by atoms with Crippen LogP contribution in [-0.2, 0) is 19.3 Å². The lowest BCUT2D eigenvalue weighted by Crippen LogP contribution is -2.11. The summed E-state index contributed by atoms with van der Waals surface area (Å²) in [5.74, 6) is -0.865. The van der Waals surface area contributed by atoms with Crippen LogP contribution in [0.15, 0.2) is 57.7 Å². The average molecular weight is 468 g/mol. The topological polar surface area (TPSA) is 53.9 Å². The normalized spacial score (nSPS) is 12.0. The summed E-state index contributed by atoms with van der Waals surface area (Å²) < 4.78 is 58.3. The molecule has 2 aromatic carbocycles. The molecular formula is C20H14BrF4N3O. The van der Waals surface area contributed by atoms with Crippen LogP contribution in [0.1, 0.15) is 16.9 Å². The van der Waals surface area contributed by atoms with Crippen molar-refractivity contribution in [3.8, 4) is 11.3 Å². The Bertz CT molecular complexity index is 1170. The molecule has 0 aliphatic rings. The molecule has 0 unspecified atom stereocenters. The number of fused-ring (bicyclic) bond motifs is 1. The van der Waals surface area contributed by atoms with Crippen LogP contribution in [0.25, 0.3) is 22.2 Å². The second-order valence-electron chi connectivity index (χ2n) is 6.48. The van der Waals surface area contributed by atoms with Crippen molar-refractivity contribution < 1.29 is 22.1 Å². The van der Waals surface area contributed by atoms with Crippen LogP contribution in [0.4, 0.5) is 17.6 Å². The van der Waals surface area contributed by atoms with Gasteiger partial charge in [0.05, 0.1) is 12.1 Å². The molecule has 0 amide bonds. The molecule has 0 saturated heterocycles. The third-order valence-corrected chi connectivity index (χ3v) is 4.96. The number of H-pyrrole nitrogens is 1. The average Bonchev–Trinajstić information content (AvgIpc) is 3.29. The van der Waals surface area contributed by atoms with E-state index in [4.69, 9.17) is 4.52 Å². The quantitative estimate of drug-likeness (QED) is 0.352. The van der Waals surface area contributed by atoms with E-state index in [0.29, 0.717) is 18.8 Å². The Morgan fingerprint density at radius 1 is 1.07 bits per heavy atom. The summed E-state index contributed by atoms with van der Waals surface area (Å²) in [5, 5.41) is 8.10. The highest BCUT2D eigenvalue weighted by Crippen LogP contribution is 2.34. The molecule has 0 spiro atoms. The monoisotopic (exact) mass is 467 g/mol. The molecule has 0 aliphatic carbocycles. The first-order valence-corrected chi connectivity index (χ1v) is 9.39. The number of benzene rings is 2. The smallest absolute Gasteiger partial charge is 0.361 e. The molecular weight excluding hydrogens is 454 g/mol. The van der Waals surface area contributed by atoms with E-state index in [-0.39, 0.29) is 11.3 Å². The summed E-state index contributed by atoms with van der Waals surface area (Å²) in [6.45, 7) is 0.891. The highest BCUT2D eigenvalue weighted by Gasteiger charge is 2.34. The van der Waals surface area contributed by atoms with Gasteiger partial charge >= 0.3 is 6.18 Å². The molecule has 0 aliphatic heterocycles. The fourth-order valence-electron chi connectivity index (χ4n) is 3.05. The third kappa shape index (κ3) is 4.20. The van der Waals surface area contributed by atoms with Gasteiger partial charge in [-0.05, 0) is 42.0 Å². The first-order chi connectivity index (χ1) is 13.8. The van der Waals surface area contributed by atoms with Crippen molar-refractivity contribution in [2.24, 2.45) is 0 Å². The van der Waals surface area contributed by atoms with Gasteiger partial charge in [-0.1, -0.05) is 21.1 Å². The second kappa shape index (κ2) is 7.64. The number of aromatic nitrogens is 2. The molecule has 0 bridgehead atoms. The summed E-state index contributed by atoms with van der Waals surface area (Å²) >= 11 is 3.45. The highest BCUT2D eigenvalue weighted by atomic mass is 79.9.